The van der Waals surface area contributed by atoms with Gasteiger partial charge in [0.05, 0.1) is 25.4 Å². The van der Waals surface area contributed by atoms with E-state index in [-0.39, 0.29) is 0 Å². The minimum Gasteiger partial charge on any atom is -0.480 e. The van der Waals surface area contributed by atoms with Crippen LogP contribution in [-0.2, 0) is 14.3 Å². The SMILES string of the molecule is COC(=O)C[C@H](NC(=O)Nc1cncc(C)c1)C(=O)O. The van der Waals surface area contributed by atoms with Crippen LogP contribution < -0.4 is 10.6 Å². The van der Waals surface area contributed by atoms with Gasteiger partial charge in [0.15, 0.2) is 0 Å². The number of ether oxygens (including phenoxy) is 1. The molecule has 0 saturated heterocycles. The maximum atomic E-state index is 11.6. The van der Waals surface area contributed by atoms with Crippen molar-refractivity contribution in [1.82, 2.24) is 10.3 Å². The van der Waals surface area contributed by atoms with Gasteiger partial charge in [-0.1, -0.05) is 0 Å². The number of carboxylic acids is 1. The minimum atomic E-state index is -1.36. The number of amides is 2. The Kier molecular flexibility index (Phi) is 5.45. The summed E-state index contributed by atoms with van der Waals surface area (Å²) in [5.41, 5.74) is 1.26. The van der Waals surface area contributed by atoms with Crippen LogP contribution in [0.15, 0.2) is 18.5 Å². The Bertz CT molecular complexity index is 518. The van der Waals surface area contributed by atoms with E-state index in [1.807, 2.05) is 0 Å². The molecule has 108 valence electrons. The number of aromatic nitrogens is 1. The molecule has 2 amide bonds. The molecule has 0 bridgehead atoms. The summed E-state index contributed by atoms with van der Waals surface area (Å²) < 4.78 is 4.36. The van der Waals surface area contributed by atoms with E-state index in [0.717, 1.165) is 12.7 Å². The van der Waals surface area contributed by atoms with Crippen molar-refractivity contribution in [2.45, 2.75) is 19.4 Å². The van der Waals surface area contributed by atoms with Gasteiger partial charge in [-0.25, -0.2) is 9.59 Å². The summed E-state index contributed by atoms with van der Waals surface area (Å²) in [7, 11) is 1.14. The highest BCUT2D eigenvalue weighted by Crippen LogP contribution is 2.07. The quantitative estimate of drug-likeness (QED) is 0.677. The number of aliphatic carboxylic acids is 1. The molecule has 1 rings (SSSR count). The Labute approximate surface area is 115 Å². The van der Waals surface area contributed by atoms with Gasteiger partial charge in [0.2, 0.25) is 0 Å². The molecule has 1 atom stereocenters. The molecule has 0 aliphatic carbocycles. The normalized spacial score (nSPS) is 11.3. The molecule has 0 radical (unpaired) electrons. The number of rotatable bonds is 5. The Hall–Kier alpha value is -2.64. The van der Waals surface area contributed by atoms with Gasteiger partial charge in [-0.15, -0.1) is 0 Å². The number of carboxylic acid groups (broad SMARTS) is 1. The highest BCUT2D eigenvalue weighted by Gasteiger charge is 2.23. The number of urea groups is 1. The first kappa shape index (κ1) is 15.4. The minimum absolute atomic E-state index is 0.421. The molecule has 1 heterocycles. The summed E-state index contributed by atoms with van der Waals surface area (Å²) in [6, 6.07) is -0.434. The van der Waals surface area contributed by atoms with Gasteiger partial charge in [-0.2, -0.15) is 0 Å². The molecular weight excluding hydrogens is 266 g/mol. The molecule has 0 spiro atoms. The monoisotopic (exact) mass is 281 g/mol. The molecule has 3 N–H and O–H groups in total. The molecule has 0 aliphatic rings. The third-order valence-corrected chi connectivity index (χ3v) is 2.33. The Morgan fingerprint density at radius 3 is 2.65 bits per heavy atom. The molecular formula is C12H15N3O5. The summed E-state index contributed by atoms with van der Waals surface area (Å²) >= 11 is 0. The average molecular weight is 281 g/mol. The van der Waals surface area contributed by atoms with Crippen molar-refractivity contribution < 1.29 is 24.2 Å². The Morgan fingerprint density at radius 1 is 1.40 bits per heavy atom. The molecule has 8 nitrogen and oxygen atoms in total. The van der Waals surface area contributed by atoms with E-state index in [0.29, 0.717) is 5.69 Å². The molecule has 1 aromatic rings. The van der Waals surface area contributed by atoms with Gasteiger partial charge in [0.1, 0.15) is 6.04 Å². The van der Waals surface area contributed by atoms with Crippen LogP contribution in [0.2, 0.25) is 0 Å². The van der Waals surface area contributed by atoms with Crippen LogP contribution in [0.5, 0.6) is 0 Å². The standard InChI is InChI=1S/C12H15N3O5/c1-7-3-8(6-13-5-7)14-12(19)15-9(11(17)18)4-10(16)20-2/h3,5-6,9H,4H2,1-2H3,(H,17,18)(H2,14,15,19)/t9-/m0/s1. The number of esters is 1. The van der Waals surface area contributed by atoms with Gasteiger partial charge in [-0.3, -0.25) is 9.78 Å². The van der Waals surface area contributed by atoms with Crippen LogP contribution in [0.3, 0.4) is 0 Å². The summed E-state index contributed by atoms with van der Waals surface area (Å²) in [5.74, 6) is -2.05. The summed E-state index contributed by atoms with van der Waals surface area (Å²) in [6.45, 7) is 1.80. The lowest BCUT2D eigenvalue weighted by Crippen LogP contribution is -2.44. The van der Waals surface area contributed by atoms with Crippen molar-refractivity contribution in [2.24, 2.45) is 0 Å². The van der Waals surface area contributed by atoms with E-state index in [9.17, 15) is 14.4 Å². The van der Waals surface area contributed by atoms with Crippen molar-refractivity contribution in [3.05, 3.63) is 24.0 Å². The number of aryl methyl sites for hydroxylation is 1. The molecule has 0 fully saturated rings. The first-order chi connectivity index (χ1) is 9.42. The smallest absolute Gasteiger partial charge is 0.326 e. The van der Waals surface area contributed by atoms with Gasteiger partial charge >= 0.3 is 18.0 Å². The van der Waals surface area contributed by atoms with E-state index in [4.69, 9.17) is 5.11 Å². The lowest BCUT2D eigenvalue weighted by Gasteiger charge is -2.14. The molecule has 0 aliphatic heterocycles. The zero-order chi connectivity index (χ0) is 15.1. The number of pyridine rings is 1. The zero-order valence-corrected chi connectivity index (χ0v) is 11.0. The van der Waals surface area contributed by atoms with Crippen molar-refractivity contribution in [3.63, 3.8) is 0 Å². The van der Waals surface area contributed by atoms with E-state index in [1.54, 1.807) is 19.2 Å². The van der Waals surface area contributed by atoms with Crippen LogP contribution in [0.1, 0.15) is 12.0 Å². The highest BCUT2D eigenvalue weighted by molar-refractivity contribution is 5.93. The number of carbonyl (C=O) groups excluding carboxylic acids is 2. The molecule has 8 heteroatoms. The Morgan fingerprint density at radius 2 is 2.10 bits per heavy atom. The second-order valence-electron chi connectivity index (χ2n) is 4.02. The van der Waals surface area contributed by atoms with Crippen LogP contribution in [-0.4, -0.2) is 41.2 Å². The first-order valence-corrected chi connectivity index (χ1v) is 5.71. The maximum Gasteiger partial charge on any atom is 0.326 e. The number of nitrogens with zero attached hydrogens (tertiary/aromatic N) is 1. The summed E-state index contributed by atoms with van der Waals surface area (Å²) in [4.78, 5) is 37.5. The molecule has 0 saturated carbocycles. The van der Waals surface area contributed by atoms with E-state index in [1.165, 1.54) is 6.20 Å². The number of carbonyl (C=O) groups is 3. The number of hydrogen-bond donors (Lipinski definition) is 3. The topological polar surface area (TPSA) is 118 Å². The third-order valence-electron chi connectivity index (χ3n) is 2.33. The number of hydrogen-bond acceptors (Lipinski definition) is 5. The predicted molar refractivity (Wildman–Crippen MR) is 69.2 cm³/mol. The van der Waals surface area contributed by atoms with Gasteiger partial charge in [0, 0.05) is 6.20 Å². The van der Waals surface area contributed by atoms with Crippen LogP contribution in [0, 0.1) is 6.92 Å². The maximum absolute atomic E-state index is 11.6. The zero-order valence-electron chi connectivity index (χ0n) is 11.0. The number of anilines is 1. The highest BCUT2D eigenvalue weighted by atomic mass is 16.5. The molecule has 20 heavy (non-hydrogen) atoms. The number of nitrogens with one attached hydrogen (secondary N) is 2. The van der Waals surface area contributed by atoms with Crippen molar-refractivity contribution in [2.75, 3.05) is 12.4 Å². The average Bonchev–Trinajstić information content (AvgIpc) is 2.37. The predicted octanol–water partition coefficient (Wildman–Crippen LogP) is 0.528. The second kappa shape index (κ2) is 7.07. The summed E-state index contributed by atoms with van der Waals surface area (Å²) in [5, 5.41) is 13.5. The van der Waals surface area contributed by atoms with E-state index in [2.05, 4.69) is 20.4 Å². The lowest BCUT2D eigenvalue weighted by atomic mass is 10.2. The van der Waals surface area contributed by atoms with Crippen molar-refractivity contribution in [3.8, 4) is 0 Å². The molecule has 0 aromatic carbocycles. The van der Waals surface area contributed by atoms with Crippen molar-refractivity contribution in [1.29, 1.82) is 0 Å². The van der Waals surface area contributed by atoms with Crippen LogP contribution in [0.4, 0.5) is 10.5 Å². The second-order valence-corrected chi connectivity index (χ2v) is 4.02. The lowest BCUT2D eigenvalue weighted by molar-refractivity contribution is -0.147. The fourth-order valence-corrected chi connectivity index (χ4v) is 1.40. The van der Waals surface area contributed by atoms with Crippen molar-refractivity contribution >= 4 is 23.7 Å². The fourth-order valence-electron chi connectivity index (χ4n) is 1.40. The largest absolute Gasteiger partial charge is 0.480 e. The first-order valence-electron chi connectivity index (χ1n) is 5.71. The van der Waals surface area contributed by atoms with Crippen LogP contribution in [0.25, 0.3) is 0 Å². The van der Waals surface area contributed by atoms with Gasteiger partial charge in [-0.05, 0) is 18.6 Å². The summed E-state index contributed by atoms with van der Waals surface area (Å²) in [6.07, 6.45) is 2.58. The molecule has 0 unspecified atom stereocenters. The van der Waals surface area contributed by atoms with Gasteiger partial charge in [0.25, 0.3) is 0 Å². The fraction of sp³-hybridized carbons (Fsp3) is 0.333. The van der Waals surface area contributed by atoms with Gasteiger partial charge < -0.3 is 20.5 Å². The molecule has 1 aromatic heterocycles. The van der Waals surface area contributed by atoms with E-state index >= 15 is 0 Å². The number of methoxy groups -OCH3 is 1. The third kappa shape index (κ3) is 4.92. The van der Waals surface area contributed by atoms with Crippen LogP contribution >= 0.6 is 0 Å². The Balaban J connectivity index is 2.62. The van der Waals surface area contributed by atoms with E-state index < -0.39 is 30.4 Å².